The van der Waals surface area contributed by atoms with E-state index >= 15 is 0 Å². The molecule has 4 aromatic heterocycles. The van der Waals surface area contributed by atoms with Crippen molar-refractivity contribution < 1.29 is 5.11 Å². The van der Waals surface area contributed by atoms with E-state index in [0.717, 1.165) is 28.7 Å². The van der Waals surface area contributed by atoms with Crippen LogP contribution in [0.5, 0.6) is 0 Å². The Morgan fingerprint density at radius 3 is 2.59 bits per heavy atom. The predicted molar refractivity (Wildman–Crippen MR) is 122 cm³/mol. The average Bonchev–Trinajstić information content (AvgIpc) is 3.54. The van der Waals surface area contributed by atoms with Gasteiger partial charge in [-0.1, -0.05) is 37.3 Å². The van der Waals surface area contributed by atoms with Crippen LogP contribution >= 0.6 is 0 Å². The summed E-state index contributed by atoms with van der Waals surface area (Å²) in [6.45, 7) is 2.61. The summed E-state index contributed by atoms with van der Waals surface area (Å²) in [5.74, 6) is 0.206. The number of hydrogen-bond acceptors (Lipinski definition) is 6. The normalized spacial score (nSPS) is 12.4. The zero-order chi connectivity index (χ0) is 22.1. The topological polar surface area (TPSA) is 112 Å². The van der Waals surface area contributed by atoms with Crippen LogP contribution in [0.3, 0.4) is 0 Å². The second-order valence-electron chi connectivity index (χ2n) is 7.64. The van der Waals surface area contributed by atoms with Gasteiger partial charge in [-0.05, 0) is 18.1 Å². The number of fused-ring (bicyclic) bond motifs is 1. The molecule has 0 unspecified atom stereocenters. The zero-order valence-corrected chi connectivity index (χ0v) is 17.7. The molecule has 1 aromatic carbocycles. The van der Waals surface area contributed by atoms with E-state index in [0.29, 0.717) is 12.2 Å². The molecule has 4 heterocycles. The number of rotatable bonds is 7. The molecule has 1 atom stereocenters. The van der Waals surface area contributed by atoms with Gasteiger partial charge in [-0.15, -0.1) is 5.10 Å². The van der Waals surface area contributed by atoms with E-state index in [1.165, 1.54) is 5.56 Å². The summed E-state index contributed by atoms with van der Waals surface area (Å²) in [5, 5.41) is 22.5. The van der Waals surface area contributed by atoms with Crippen LogP contribution in [0.4, 0.5) is 5.95 Å². The predicted octanol–water partition coefficient (Wildman–Crippen LogP) is 3.03. The number of benzene rings is 1. The average molecular weight is 429 g/mol. The summed E-state index contributed by atoms with van der Waals surface area (Å²) >= 11 is 0. The van der Waals surface area contributed by atoms with Crippen molar-refractivity contribution in [3.63, 3.8) is 0 Å². The molecule has 5 aromatic rings. The molecule has 9 heteroatoms. The summed E-state index contributed by atoms with van der Waals surface area (Å²) in [5.41, 5.74) is 11.4. The van der Waals surface area contributed by atoms with Gasteiger partial charge in [0.05, 0.1) is 31.6 Å². The van der Waals surface area contributed by atoms with E-state index in [1.54, 1.807) is 15.4 Å². The van der Waals surface area contributed by atoms with E-state index in [-0.39, 0.29) is 18.6 Å². The number of aliphatic hydroxyl groups excluding tert-OH is 1. The number of aliphatic hydroxyl groups is 1. The lowest BCUT2D eigenvalue weighted by atomic mass is 10.0. The SMILES string of the molecule is CC[C@@H](c1ccccc1)n1cc(-c2cc(-c3cnn(CCO)c3)c3nc(N)nn3c2)cn1. The molecule has 3 N–H and O–H groups in total. The van der Waals surface area contributed by atoms with Gasteiger partial charge in [0, 0.05) is 40.8 Å². The van der Waals surface area contributed by atoms with Crippen molar-refractivity contribution in [1.82, 2.24) is 34.2 Å². The molecule has 5 rings (SSSR count). The first kappa shape index (κ1) is 20.0. The molecule has 0 aliphatic carbocycles. The van der Waals surface area contributed by atoms with Gasteiger partial charge in [0.1, 0.15) is 0 Å². The lowest BCUT2D eigenvalue weighted by Crippen LogP contribution is -2.09. The molecular formula is C23H24N8O. The van der Waals surface area contributed by atoms with Crippen molar-refractivity contribution in [2.75, 3.05) is 12.3 Å². The van der Waals surface area contributed by atoms with E-state index in [2.05, 4.69) is 63.7 Å². The number of pyridine rings is 1. The van der Waals surface area contributed by atoms with Gasteiger partial charge in [-0.25, -0.2) is 4.52 Å². The molecule has 0 radical (unpaired) electrons. The second kappa shape index (κ2) is 8.27. The minimum atomic E-state index is 0.0215. The maximum atomic E-state index is 9.20. The fraction of sp³-hybridized carbons (Fsp3) is 0.217. The van der Waals surface area contributed by atoms with E-state index < -0.39 is 0 Å². The van der Waals surface area contributed by atoms with Crippen LogP contribution in [0.25, 0.3) is 27.9 Å². The fourth-order valence-electron chi connectivity index (χ4n) is 4.01. The first-order valence-electron chi connectivity index (χ1n) is 10.6. The van der Waals surface area contributed by atoms with E-state index in [9.17, 15) is 5.11 Å². The summed E-state index contributed by atoms with van der Waals surface area (Å²) in [6.07, 6.45) is 10.4. The number of nitrogen functional groups attached to an aromatic ring is 1. The summed E-state index contributed by atoms with van der Waals surface area (Å²) in [4.78, 5) is 4.39. The van der Waals surface area contributed by atoms with Crippen molar-refractivity contribution in [2.24, 2.45) is 0 Å². The molecule has 0 aliphatic rings. The molecule has 0 amide bonds. The Kier molecular flexibility index (Phi) is 5.16. The monoisotopic (exact) mass is 428 g/mol. The molecule has 0 aliphatic heterocycles. The summed E-state index contributed by atoms with van der Waals surface area (Å²) < 4.78 is 5.39. The lowest BCUT2D eigenvalue weighted by molar-refractivity contribution is 0.269. The Balaban J connectivity index is 1.58. The standard InChI is InChI=1S/C23H24N8O/c1-2-21(16-6-4-3-5-7-16)30-15-18(11-26-30)17-10-20(19-12-25-29(13-19)8-9-32)22-27-23(24)28-31(22)14-17/h3-7,10-15,21,32H,2,8-9H2,1H3,(H2,24,28)/t21-/m0/s1. The van der Waals surface area contributed by atoms with Gasteiger partial charge in [0.2, 0.25) is 5.95 Å². The molecular weight excluding hydrogens is 404 g/mol. The Morgan fingerprint density at radius 1 is 1.00 bits per heavy atom. The van der Waals surface area contributed by atoms with Crippen LogP contribution in [0, 0.1) is 0 Å². The molecule has 0 saturated heterocycles. The molecule has 32 heavy (non-hydrogen) atoms. The number of hydrogen-bond donors (Lipinski definition) is 2. The van der Waals surface area contributed by atoms with Crippen molar-refractivity contribution in [3.8, 4) is 22.3 Å². The van der Waals surface area contributed by atoms with Gasteiger partial charge in [-0.2, -0.15) is 15.2 Å². The molecule has 0 saturated carbocycles. The first-order valence-corrected chi connectivity index (χ1v) is 10.6. The smallest absolute Gasteiger partial charge is 0.240 e. The van der Waals surface area contributed by atoms with Gasteiger partial charge >= 0.3 is 0 Å². The third-order valence-electron chi connectivity index (χ3n) is 5.55. The Hall–Kier alpha value is -3.98. The number of aromatic nitrogens is 7. The highest BCUT2D eigenvalue weighted by Crippen LogP contribution is 2.31. The van der Waals surface area contributed by atoms with Crippen molar-refractivity contribution in [2.45, 2.75) is 25.9 Å². The summed E-state index contributed by atoms with van der Waals surface area (Å²) in [7, 11) is 0. The van der Waals surface area contributed by atoms with Crippen LogP contribution in [0.15, 0.2) is 67.4 Å². The maximum Gasteiger partial charge on any atom is 0.240 e. The maximum absolute atomic E-state index is 9.20. The van der Waals surface area contributed by atoms with E-state index in [4.69, 9.17) is 5.73 Å². The van der Waals surface area contributed by atoms with Gasteiger partial charge in [0.15, 0.2) is 5.65 Å². The molecule has 9 nitrogen and oxygen atoms in total. The number of anilines is 1. The Bertz CT molecular complexity index is 1350. The third kappa shape index (κ3) is 3.63. The van der Waals surface area contributed by atoms with E-state index in [1.807, 2.05) is 29.3 Å². The highest BCUT2D eigenvalue weighted by molar-refractivity contribution is 5.81. The molecule has 0 spiro atoms. The van der Waals surface area contributed by atoms with Crippen LogP contribution in [0.2, 0.25) is 0 Å². The zero-order valence-electron chi connectivity index (χ0n) is 17.7. The fourth-order valence-corrected chi connectivity index (χ4v) is 4.01. The van der Waals surface area contributed by atoms with Crippen molar-refractivity contribution in [1.29, 1.82) is 0 Å². The number of nitrogens with zero attached hydrogens (tertiary/aromatic N) is 7. The van der Waals surface area contributed by atoms with Crippen LogP contribution in [0.1, 0.15) is 24.9 Å². The van der Waals surface area contributed by atoms with Crippen LogP contribution < -0.4 is 5.73 Å². The van der Waals surface area contributed by atoms with Crippen molar-refractivity contribution in [3.05, 3.63) is 72.9 Å². The molecule has 0 bridgehead atoms. The van der Waals surface area contributed by atoms with Crippen LogP contribution in [-0.2, 0) is 6.54 Å². The van der Waals surface area contributed by atoms with Gasteiger partial charge in [-0.3, -0.25) is 9.36 Å². The molecule has 0 fully saturated rings. The largest absolute Gasteiger partial charge is 0.394 e. The third-order valence-corrected chi connectivity index (χ3v) is 5.55. The summed E-state index contributed by atoms with van der Waals surface area (Å²) in [6, 6.07) is 12.6. The minimum Gasteiger partial charge on any atom is -0.394 e. The quantitative estimate of drug-likeness (QED) is 0.412. The van der Waals surface area contributed by atoms with Gasteiger partial charge < -0.3 is 10.8 Å². The minimum absolute atomic E-state index is 0.0215. The Labute approximate surface area is 184 Å². The number of nitrogens with two attached hydrogens (primary N) is 1. The highest BCUT2D eigenvalue weighted by Gasteiger charge is 2.17. The molecule has 162 valence electrons. The first-order chi connectivity index (χ1) is 15.7. The highest BCUT2D eigenvalue weighted by atomic mass is 16.3. The Morgan fingerprint density at radius 2 is 1.81 bits per heavy atom. The van der Waals surface area contributed by atoms with Gasteiger partial charge in [0.25, 0.3) is 0 Å². The second-order valence-corrected chi connectivity index (χ2v) is 7.64. The lowest BCUT2D eigenvalue weighted by Gasteiger charge is -2.15. The van der Waals surface area contributed by atoms with Crippen LogP contribution in [-0.4, -0.2) is 45.9 Å². The van der Waals surface area contributed by atoms with Crippen molar-refractivity contribution >= 4 is 11.6 Å².